The average molecular weight is 396 g/mol. The smallest absolute Gasteiger partial charge is 0.409 e. The van der Waals surface area contributed by atoms with Crippen molar-refractivity contribution in [1.82, 2.24) is 14.8 Å². The summed E-state index contributed by atoms with van der Waals surface area (Å²) in [5, 5.41) is 0.663. The van der Waals surface area contributed by atoms with E-state index >= 15 is 0 Å². The third-order valence-corrected chi connectivity index (χ3v) is 5.95. The SMILES string of the molecule is CCOC(=O)N1CCCC(N2CCC(c3cc(Cl)cnc3OC)CC2)CC1. The third kappa shape index (κ3) is 5.05. The molecule has 1 amide bonds. The predicted octanol–water partition coefficient (Wildman–Crippen LogP) is 3.93. The minimum Gasteiger partial charge on any atom is -0.481 e. The summed E-state index contributed by atoms with van der Waals surface area (Å²) in [6, 6.07) is 2.54. The van der Waals surface area contributed by atoms with Crippen molar-refractivity contribution in [3.05, 3.63) is 22.8 Å². The van der Waals surface area contributed by atoms with Crippen molar-refractivity contribution < 1.29 is 14.3 Å². The number of carbonyl (C=O) groups is 1. The molecule has 0 aromatic carbocycles. The van der Waals surface area contributed by atoms with E-state index in [1.807, 2.05) is 17.9 Å². The van der Waals surface area contributed by atoms with Gasteiger partial charge in [0.2, 0.25) is 5.88 Å². The number of pyridine rings is 1. The molecule has 2 aliphatic heterocycles. The highest BCUT2D eigenvalue weighted by atomic mass is 35.5. The number of amides is 1. The zero-order valence-electron chi connectivity index (χ0n) is 16.3. The fourth-order valence-electron chi connectivity index (χ4n) is 4.32. The van der Waals surface area contributed by atoms with Crippen molar-refractivity contribution in [2.24, 2.45) is 0 Å². The lowest BCUT2D eigenvalue weighted by Crippen LogP contribution is -2.41. The first-order valence-electron chi connectivity index (χ1n) is 9.97. The van der Waals surface area contributed by atoms with Crippen LogP contribution in [-0.4, -0.2) is 66.8 Å². The minimum absolute atomic E-state index is 0.169. The number of methoxy groups -OCH3 is 1. The van der Waals surface area contributed by atoms with E-state index in [1.54, 1.807) is 13.3 Å². The number of rotatable bonds is 4. The summed E-state index contributed by atoms with van der Waals surface area (Å²) in [4.78, 5) is 20.8. The molecular formula is C20H30ClN3O3. The topological polar surface area (TPSA) is 54.9 Å². The normalized spacial score (nSPS) is 22.3. The van der Waals surface area contributed by atoms with Gasteiger partial charge in [-0.05, 0) is 64.1 Å². The van der Waals surface area contributed by atoms with Crippen LogP contribution in [0, 0.1) is 0 Å². The maximum Gasteiger partial charge on any atom is 0.409 e. The molecule has 3 heterocycles. The number of nitrogens with zero attached hydrogens (tertiary/aromatic N) is 3. The van der Waals surface area contributed by atoms with Crippen molar-refractivity contribution in [3.8, 4) is 5.88 Å². The van der Waals surface area contributed by atoms with Crippen LogP contribution in [0.4, 0.5) is 4.79 Å². The van der Waals surface area contributed by atoms with Gasteiger partial charge in [-0.1, -0.05) is 11.6 Å². The molecule has 0 bridgehead atoms. The molecule has 0 spiro atoms. The van der Waals surface area contributed by atoms with Crippen molar-refractivity contribution >= 4 is 17.7 Å². The first-order valence-corrected chi connectivity index (χ1v) is 10.3. The molecule has 2 aliphatic rings. The summed E-state index contributed by atoms with van der Waals surface area (Å²) < 4.78 is 10.6. The maximum absolute atomic E-state index is 12.0. The van der Waals surface area contributed by atoms with Gasteiger partial charge in [-0.2, -0.15) is 0 Å². The summed E-state index contributed by atoms with van der Waals surface area (Å²) in [6.45, 7) is 6.00. The fraction of sp³-hybridized carbons (Fsp3) is 0.700. The molecule has 0 aliphatic carbocycles. The van der Waals surface area contributed by atoms with Crippen LogP contribution < -0.4 is 4.74 Å². The molecule has 2 saturated heterocycles. The number of piperidine rings is 1. The van der Waals surface area contributed by atoms with Crippen LogP contribution in [-0.2, 0) is 4.74 Å². The second-order valence-corrected chi connectivity index (χ2v) is 7.77. The summed E-state index contributed by atoms with van der Waals surface area (Å²) >= 11 is 6.15. The highest BCUT2D eigenvalue weighted by molar-refractivity contribution is 6.30. The Morgan fingerprint density at radius 3 is 2.70 bits per heavy atom. The predicted molar refractivity (Wildman–Crippen MR) is 106 cm³/mol. The summed E-state index contributed by atoms with van der Waals surface area (Å²) in [6.07, 6.45) is 6.83. The van der Waals surface area contributed by atoms with Gasteiger partial charge in [-0.25, -0.2) is 9.78 Å². The Bertz CT molecular complexity index is 635. The lowest BCUT2D eigenvalue weighted by atomic mass is 9.88. The van der Waals surface area contributed by atoms with Gasteiger partial charge in [0.05, 0.1) is 18.7 Å². The van der Waals surface area contributed by atoms with Crippen LogP contribution in [0.2, 0.25) is 5.02 Å². The average Bonchev–Trinajstić information content (AvgIpc) is 2.95. The van der Waals surface area contributed by atoms with Gasteiger partial charge >= 0.3 is 6.09 Å². The maximum atomic E-state index is 12.0. The molecule has 1 aromatic rings. The van der Waals surface area contributed by atoms with Crippen LogP contribution in [0.5, 0.6) is 5.88 Å². The minimum atomic E-state index is -0.169. The molecule has 2 fully saturated rings. The largest absolute Gasteiger partial charge is 0.481 e. The van der Waals surface area contributed by atoms with Crippen LogP contribution >= 0.6 is 11.6 Å². The highest BCUT2D eigenvalue weighted by Crippen LogP contribution is 2.35. The molecule has 7 heteroatoms. The first kappa shape index (κ1) is 20.2. The second-order valence-electron chi connectivity index (χ2n) is 7.33. The van der Waals surface area contributed by atoms with Crippen molar-refractivity contribution in [3.63, 3.8) is 0 Å². The van der Waals surface area contributed by atoms with E-state index < -0.39 is 0 Å². The lowest BCUT2D eigenvalue weighted by molar-refractivity contribution is 0.105. The van der Waals surface area contributed by atoms with Gasteiger partial charge in [0.15, 0.2) is 0 Å². The molecule has 6 nitrogen and oxygen atoms in total. The number of halogens is 1. The Labute approximate surface area is 166 Å². The quantitative estimate of drug-likeness (QED) is 0.773. The number of likely N-dealkylation sites (tertiary alicyclic amines) is 2. The second kappa shape index (κ2) is 9.60. The molecule has 0 radical (unpaired) electrons. The summed E-state index contributed by atoms with van der Waals surface area (Å²) in [5.41, 5.74) is 1.12. The Balaban J connectivity index is 1.55. The fourth-order valence-corrected chi connectivity index (χ4v) is 4.49. The standard InChI is InChI=1S/C20H30ClN3O3/c1-3-27-20(25)24-9-4-5-17(8-12-24)23-10-6-15(7-11-23)18-13-16(21)14-22-19(18)26-2/h13-15,17H,3-12H2,1-2H3. The zero-order valence-corrected chi connectivity index (χ0v) is 17.1. The monoisotopic (exact) mass is 395 g/mol. The van der Waals surface area contributed by atoms with Gasteiger partial charge in [0.1, 0.15) is 0 Å². The zero-order chi connectivity index (χ0) is 19.2. The number of hydrogen-bond acceptors (Lipinski definition) is 5. The molecule has 1 atom stereocenters. The van der Waals surface area contributed by atoms with Crippen LogP contribution in [0.25, 0.3) is 0 Å². The van der Waals surface area contributed by atoms with Crippen molar-refractivity contribution in [2.75, 3.05) is 39.9 Å². The molecule has 0 saturated carbocycles. The number of carbonyl (C=O) groups excluding carboxylic acids is 1. The number of ether oxygens (including phenoxy) is 2. The van der Waals surface area contributed by atoms with Gasteiger partial charge in [-0.3, -0.25) is 0 Å². The van der Waals surface area contributed by atoms with E-state index in [1.165, 1.54) is 0 Å². The molecule has 27 heavy (non-hydrogen) atoms. The molecular weight excluding hydrogens is 366 g/mol. The third-order valence-electron chi connectivity index (χ3n) is 5.75. The Hall–Kier alpha value is -1.53. The van der Waals surface area contributed by atoms with Crippen LogP contribution in [0.15, 0.2) is 12.3 Å². The van der Waals surface area contributed by atoms with E-state index in [-0.39, 0.29) is 6.09 Å². The van der Waals surface area contributed by atoms with Crippen molar-refractivity contribution in [1.29, 1.82) is 0 Å². The first-order chi connectivity index (χ1) is 13.1. The van der Waals surface area contributed by atoms with Gasteiger partial charge < -0.3 is 19.3 Å². The van der Waals surface area contributed by atoms with E-state index in [0.717, 1.165) is 63.8 Å². The number of hydrogen-bond donors (Lipinski definition) is 0. The van der Waals surface area contributed by atoms with Gasteiger partial charge in [0.25, 0.3) is 0 Å². The van der Waals surface area contributed by atoms with E-state index in [0.29, 0.717) is 29.5 Å². The highest BCUT2D eigenvalue weighted by Gasteiger charge is 2.30. The molecule has 1 aromatic heterocycles. The summed E-state index contributed by atoms with van der Waals surface area (Å²) in [7, 11) is 1.66. The van der Waals surface area contributed by atoms with Gasteiger partial charge in [0, 0.05) is 30.9 Å². The van der Waals surface area contributed by atoms with Crippen molar-refractivity contribution in [2.45, 2.75) is 51.0 Å². The Kier molecular flexibility index (Phi) is 7.19. The Morgan fingerprint density at radius 1 is 1.22 bits per heavy atom. The van der Waals surface area contributed by atoms with Gasteiger partial charge in [-0.15, -0.1) is 0 Å². The Morgan fingerprint density at radius 2 is 2.00 bits per heavy atom. The molecule has 150 valence electrons. The van der Waals surface area contributed by atoms with E-state index in [2.05, 4.69) is 9.88 Å². The number of aromatic nitrogens is 1. The lowest BCUT2D eigenvalue weighted by Gasteiger charge is -2.37. The molecule has 1 unspecified atom stereocenters. The van der Waals surface area contributed by atoms with E-state index in [4.69, 9.17) is 21.1 Å². The van der Waals surface area contributed by atoms with Crippen LogP contribution in [0.3, 0.4) is 0 Å². The van der Waals surface area contributed by atoms with E-state index in [9.17, 15) is 4.79 Å². The molecule has 0 N–H and O–H groups in total. The summed E-state index contributed by atoms with van der Waals surface area (Å²) in [5.74, 6) is 1.13. The van der Waals surface area contributed by atoms with Crippen LogP contribution in [0.1, 0.15) is 50.5 Å². The molecule has 3 rings (SSSR count).